The summed E-state index contributed by atoms with van der Waals surface area (Å²) >= 11 is 0. The van der Waals surface area contributed by atoms with E-state index in [-0.39, 0.29) is 6.42 Å². The van der Waals surface area contributed by atoms with Crippen LogP contribution >= 0.6 is 0 Å². The van der Waals surface area contributed by atoms with E-state index >= 15 is 0 Å². The topological polar surface area (TPSA) is 106 Å². The van der Waals surface area contributed by atoms with Gasteiger partial charge in [0.05, 0.1) is 12.5 Å². The van der Waals surface area contributed by atoms with Crippen molar-refractivity contribution in [2.75, 3.05) is 0 Å². The lowest BCUT2D eigenvalue weighted by Gasteiger charge is -2.67. The van der Waals surface area contributed by atoms with Gasteiger partial charge in [-0.15, -0.1) is 0 Å². The molecule has 144 valence electrons. The maximum Gasteiger partial charge on any atom is 0.343 e. The number of ether oxygens (including phenoxy) is 2. The third kappa shape index (κ3) is 1.75. The second-order valence-corrected chi connectivity index (χ2v) is 8.82. The van der Waals surface area contributed by atoms with E-state index in [1.807, 2.05) is 13.8 Å². The molecule has 1 aromatic rings. The number of rotatable bonds is 1. The monoisotopic (exact) mass is 374 g/mol. The minimum Gasteiger partial charge on any atom is -0.472 e. The predicted octanol–water partition coefficient (Wildman–Crippen LogP) is 1.65. The number of hydrogen-bond donors (Lipinski definition) is 2. The molecule has 0 amide bonds. The molecule has 2 aliphatic carbocycles. The Hall–Kier alpha value is -2.12. The van der Waals surface area contributed by atoms with Gasteiger partial charge in [-0.05, 0) is 37.5 Å². The van der Waals surface area contributed by atoms with Crippen LogP contribution in [0, 0.1) is 16.7 Å². The Morgan fingerprint density at radius 2 is 1.85 bits per heavy atom. The van der Waals surface area contributed by atoms with E-state index in [1.54, 1.807) is 12.1 Å². The normalized spacial score (nSPS) is 50.6. The van der Waals surface area contributed by atoms with Crippen LogP contribution in [-0.4, -0.2) is 39.5 Å². The van der Waals surface area contributed by atoms with Crippen molar-refractivity contribution in [1.29, 1.82) is 0 Å². The molecule has 0 spiro atoms. The lowest BCUT2D eigenvalue weighted by molar-refractivity contribution is -0.291. The Labute approximate surface area is 155 Å². The summed E-state index contributed by atoms with van der Waals surface area (Å²) in [5.74, 6) is -1.76. The molecule has 0 radical (unpaired) electrons. The fourth-order valence-corrected chi connectivity index (χ4v) is 6.08. The Morgan fingerprint density at radius 3 is 2.52 bits per heavy atom. The van der Waals surface area contributed by atoms with E-state index < -0.39 is 52.1 Å². The number of hydrogen-bond acceptors (Lipinski definition) is 7. The van der Waals surface area contributed by atoms with Crippen molar-refractivity contribution >= 4 is 11.9 Å². The van der Waals surface area contributed by atoms with Gasteiger partial charge in [-0.25, -0.2) is 9.59 Å². The van der Waals surface area contributed by atoms with Crippen molar-refractivity contribution in [1.82, 2.24) is 0 Å². The fourth-order valence-electron chi connectivity index (χ4n) is 6.08. The third-order valence-corrected chi connectivity index (χ3v) is 7.72. The summed E-state index contributed by atoms with van der Waals surface area (Å²) in [6.07, 6.45) is 5.81. The molecule has 0 aromatic carbocycles. The molecule has 3 aliphatic heterocycles. The quantitative estimate of drug-likeness (QED) is 0.569. The SMILES string of the molecule is C[C@@]12C[C@@H](c3ccoc3)OC(=O)[C@]1(O)CC[C@]1(C)[C@H]2[C@H]2C=C[C@]1(O)C(=O)O2. The predicted molar refractivity (Wildman–Crippen MR) is 90.0 cm³/mol. The number of furan rings is 1. The highest BCUT2D eigenvalue weighted by atomic mass is 16.6. The van der Waals surface area contributed by atoms with Gasteiger partial charge in [-0.1, -0.05) is 13.8 Å². The first-order chi connectivity index (χ1) is 12.7. The largest absolute Gasteiger partial charge is 0.472 e. The van der Waals surface area contributed by atoms with Crippen molar-refractivity contribution in [3.05, 3.63) is 36.3 Å². The van der Waals surface area contributed by atoms with Gasteiger partial charge in [0, 0.05) is 22.3 Å². The molecule has 7 heteroatoms. The standard InChI is InChI=1S/C20H22O7/c1-17-6-7-20(24)16(22)27-13(11-4-8-25-10-11)9-18(20,2)14(17)12-3-5-19(17,23)15(21)26-12/h3-5,8,10,12-14,23-24H,6-7,9H2,1-2H3/t12-,13+,14-,17-,18+,19+,20-/m1/s1. The Bertz CT molecular complexity index is 860. The zero-order valence-electron chi connectivity index (χ0n) is 15.2. The second kappa shape index (κ2) is 4.83. The molecule has 1 saturated carbocycles. The maximum absolute atomic E-state index is 12.9. The van der Waals surface area contributed by atoms with Crippen LogP contribution in [0.1, 0.15) is 44.8 Å². The molecule has 0 unspecified atom stereocenters. The lowest BCUT2D eigenvalue weighted by atomic mass is 9.41. The summed E-state index contributed by atoms with van der Waals surface area (Å²) in [6.45, 7) is 3.69. The van der Waals surface area contributed by atoms with E-state index in [0.29, 0.717) is 18.4 Å². The summed E-state index contributed by atoms with van der Waals surface area (Å²) < 4.78 is 16.2. The molecule has 5 aliphatic rings. The summed E-state index contributed by atoms with van der Waals surface area (Å²) in [7, 11) is 0. The summed E-state index contributed by atoms with van der Waals surface area (Å²) in [5, 5.41) is 22.6. The first-order valence-corrected chi connectivity index (χ1v) is 9.24. The highest BCUT2D eigenvalue weighted by Gasteiger charge is 2.76. The Balaban J connectivity index is 1.66. The zero-order valence-corrected chi connectivity index (χ0v) is 15.2. The lowest BCUT2D eigenvalue weighted by Crippen LogP contribution is -2.76. The second-order valence-electron chi connectivity index (χ2n) is 8.82. The van der Waals surface area contributed by atoms with E-state index in [4.69, 9.17) is 13.9 Å². The average Bonchev–Trinajstić information content (AvgIpc) is 3.14. The Kier molecular flexibility index (Phi) is 3.04. The van der Waals surface area contributed by atoms with E-state index in [2.05, 4.69) is 0 Å². The van der Waals surface area contributed by atoms with Crippen LogP contribution in [0.3, 0.4) is 0 Å². The van der Waals surface area contributed by atoms with Gasteiger partial charge in [0.2, 0.25) is 0 Å². The van der Waals surface area contributed by atoms with Crippen LogP contribution in [0.25, 0.3) is 0 Å². The van der Waals surface area contributed by atoms with Crippen LogP contribution in [0.4, 0.5) is 0 Å². The third-order valence-electron chi connectivity index (χ3n) is 7.72. The molecule has 7 nitrogen and oxygen atoms in total. The molecule has 1 aromatic heterocycles. The molecule has 7 atom stereocenters. The molecule has 27 heavy (non-hydrogen) atoms. The zero-order chi connectivity index (χ0) is 19.2. The first-order valence-electron chi connectivity index (χ1n) is 9.24. The van der Waals surface area contributed by atoms with Crippen molar-refractivity contribution in [3.63, 3.8) is 0 Å². The van der Waals surface area contributed by atoms with E-state index in [0.717, 1.165) is 0 Å². The van der Waals surface area contributed by atoms with Crippen molar-refractivity contribution in [2.24, 2.45) is 16.7 Å². The highest BCUT2D eigenvalue weighted by molar-refractivity contribution is 5.87. The van der Waals surface area contributed by atoms with Crippen molar-refractivity contribution in [3.8, 4) is 0 Å². The molecule has 6 rings (SSSR count). The Morgan fingerprint density at radius 1 is 1.07 bits per heavy atom. The molecule has 2 bridgehead atoms. The van der Waals surface area contributed by atoms with E-state index in [1.165, 1.54) is 18.6 Å². The molecular weight excluding hydrogens is 352 g/mol. The summed E-state index contributed by atoms with van der Waals surface area (Å²) in [4.78, 5) is 25.3. The molecular formula is C20H22O7. The van der Waals surface area contributed by atoms with Gasteiger partial charge in [-0.2, -0.15) is 0 Å². The highest BCUT2D eigenvalue weighted by Crippen LogP contribution is 2.68. The van der Waals surface area contributed by atoms with Crippen LogP contribution in [0.15, 0.2) is 35.2 Å². The summed E-state index contributed by atoms with van der Waals surface area (Å²) in [6, 6.07) is 1.73. The van der Waals surface area contributed by atoms with Crippen LogP contribution in [0.2, 0.25) is 0 Å². The smallest absolute Gasteiger partial charge is 0.343 e. The summed E-state index contributed by atoms with van der Waals surface area (Å²) in [5.41, 5.74) is -4.55. The van der Waals surface area contributed by atoms with Crippen LogP contribution in [-0.2, 0) is 19.1 Å². The number of fused-ring (bicyclic) bond motifs is 2. The minimum atomic E-state index is -1.76. The van der Waals surface area contributed by atoms with Gasteiger partial charge >= 0.3 is 11.9 Å². The number of cyclic esters (lactones) is 1. The van der Waals surface area contributed by atoms with Crippen LogP contribution in [0.5, 0.6) is 0 Å². The van der Waals surface area contributed by atoms with Crippen molar-refractivity contribution < 1.29 is 33.7 Å². The number of aliphatic hydroxyl groups is 2. The van der Waals surface area contributed by atoms with Gasteiger partial charge in [0.15, 0.2) is 11.2 Å². The van der Waals surface area contributed by atoms with Crippen LogP contribution < -0.4 is 0 Å². The van der Waals surface area contributed by atoms with Gasteiger partial charge in [-0.3, -0.25) is 0 Å². The number of esters is 2. The minimum absolute atomic E-state index is 0.115. The number of carbonyl (C=O) groups excluding carboxylic acids is 2. The van der Waals surface area contributed by atoms with Gasteiger partial charge in [0.25, 0.3) is 0 Å². The molecule has 4 heterocycles. The number of carbonyl (C=O) groups is 2. The van der Waals surface area contributed by atoms with E-state index in [9.17, 15) is 19.8 Å². The molecule has 3 fully saturated rings. The van der Waals surface area contributed by atoms with Gasteiger partial charge < -0.3 is 24.1 Å². The molecule has 2 saturated heterocycles. The maximum atomic E-state index is 12.9. The fraction of sp³-hybridized carbons (Fsp3) is 0.600. The van der Waals surface area contributed by atoms with Crippen molar-refractivity contribution in [2.45, 2.75) is 56.5 Å². The van der Waals surface area contributed by atoms with Gasteiger partial charge in [0.1, 0.15) is 12.2 Å². The average molecular weight is 374 g/mol. The molecule has 2 N–H and O–H groups in total. The first kappa shape index (κ1) is 17.0.